The molecule has 0 fully saturated rings. The van der Waals surface area contributed by atoms with Gasteiger partial charge in [0.1, 0.15) is 16.1 Å². The normalized spacial score (nSPS) is 12.5. The van der Waals surface area contributed by atoms with Gasteiger partial charge in [0.25, 0.3) is 0 Å². The lowest BCUT2D eigenvalue weighted by molar-refractivity contribution is -0.148. The first-order valence-electron chi connectivity index (χ1n) is 10.6. The molecule has 12 heteroatoms. The monoisotopic (exact) mass is 535 g/mol. The summed E-state index contributed by atoms with van der Waals surface area (Å²) in [5.74, 6) is -0.0830. The van der Waals surface area contributed by atoms with Crippen molar-refractivity contribution in [2.75, 3.05) is 7.11 Å². The van der Waals surface area contributed by atoms with Crippen molar-refractivity contribution in [1.29, 1.82) is 0 Å². The minimum absolute atomic E-state index is 0.266. The van der Waals surface area contributed by atoms with Gasteiger partial charge in [-0.15, -0.1) is 0 Å². The SMILES string of the molecule is COC(=O)C(C)Oc1ccc(C)c(-c2nsc3ccc(-n4c(=S)cc(C(F)(F)F)n(C)c4=O)cc23)c1. The summed E-state index contributed by atoms with van der Waals surface area (Å²) in [6, 6.07) is 11.1. The molecule has 0 aliphatic rings. The Morgan fingerprint density at radius 1 is 1.17 bits per heavy atom. The maximum absolute atomic E-state index is 13.3. The first-order valence-corrected chi connectivity index (χ1v) is 11.8. The molecule has 0 bridgehead atoms. The molecule has 0 aliphatic carbocycles. The highest BCUT2D eigenvalue weighted by molar-refractivity contribution is 7.71. The van der Waals surface area contributed by atoms with Gasteiger partial charge in [-0.1, -0.05) is 18.3 Å². The molecule has 4 rings (SSSR count). The highest BCUT2D eigenvalue weighted by Crippen LogP contribution is 2.36. The van der Waals surface area contributed by atoms with Crippen LogP contribution in [0.25, 0.3) is 27.0 Å². The zero-order chi connectivity index (χ0) is 26.4. The Morgan fingerprint density at radius 3 is 2.56 bits per heavy atom. The summed E-state index contributed by atoms with van der Waals surface area (Å²) in [5, 5.41) is 0.683. The number of carbonyl (C=O) groups excluding carboxylic acids is 1. The number of esters is 1. The number of nitrogens with zero attached hydrogens (tertiary/aromatic N) is 3. The maximum atomic E-state index is 13.3. The van der Waals surface area contributed by atoms with Crippen molar-refractivity contribution in [2.24, 2.45) is 7.05 Å². The Labute approximate surface area is 212 Å². The second-order valence-electron chi connectivity index (χ2n) is 8.01. The number of carbonyl (C=O) groups is 1. The smallest absolute Gasteiger partial charge is 0.431 e. The standard InChI is InChI=1S/C24H20F3N3O4S2/c1-12-5-7-15(34-13(2)22(31)33-4)10-16(12)21-17-9-14(6-8-18(17)36-28-21)30-20(35)11-19(24(25,26)27)29(3)23(30)32/h5-11,13H,1-4H3. The molecule has 7 nitrogen and oxygen atoms in total. The van der Waals surface area contributed by atoms with Crippen LogP contribution in [0, 0.1) is 11.6 Å². The van der Waals surface area contributed by atoms with Gasteiger partial charge in [-0.05, 0) is 61.3 Å². The molecule has 0 amide bonds. The van der Waals surface area contributed by atoms with Crippen molar-refractivity contribution in [1.82, 2.24) is 13.5 Å². The van der Waals surface area contributed by atoms with Crippen LogP contribution in [0.4, 0.5) is 13.2 Å². The first kappa shape index (κ1) is 25.6. The predicted molar refractivity (Wildman–Crippen MR) is 132 cm³/mol. The number of hydrogen-bond donors (Lipinski definition) is 0. The number of methoxy groups -OCH3 is 1. The van der Waals surface area contributed by atoms with E-state index < -0.39 is 29.6 Å². The van der Waals surface area contributed by atoms with E-state index in [1.807, 2.05) is 13.0 Å². The number of ether oxygens (including phenoxy) is 2. The van der Waals surface area contributed by atoms with Crippen LogP contribution in [-0.2, 0) is 22.8 Å². The van der Waals surface area contributed by atoms with Crippen molar-refractivity contribution in [3.63, 3.8) is 0 Å². The van der Waals surface area contributed by atoms with Gasteiger partial charge in [0, 0.05) is 24.1 Å². The number of rotatable bonds is 5. The molecule has 36 heavy (non-hydrogen) atoms. The fourth-order valence-electron chi connectivity index (χ4n) is 3.74. The first-order chi connectivity index (χ1) is 16.9. The van der Waals surface area contributed by atoms with Gasteiger partial charge in [-0.3, -0.25) is 9.13 Å². The van der Waals surface area contributed by atoms with Crippen molar-refractivity contribution in [2.45, 2.75) is 26.1 Å². The highest BCUT2D eigenvalue weighted by atomic mass is 32.1. The quantitative estimate of drug-likeness (QED) is 0.250. The summed E-state index contributed by atoms with van der Waals surface area (Å²) in [4.78, 5) is 24.6. The zero-order valence-electron chi connectivity index (χ0n) is 19.5. The van der Waals surface area contributed by atoms with Crippen molar-refractivity contribution < 1.29 is 27.4 Å². The maximum Gasteiger partial charge on any atom is 0.431 e. The number of aryl methyl sites for hydroxylation is 1. The third kappa shape index (κ3) is 4.65. The second-order valence-corrected chi connectivity index (χ2v) is 9.24. The van der Waals surface area contributed by atoms with E-state index >= 15 is 0 Å². The Balaban J connectivity index is 1.84. The lowest BCUT2D eigenvalue weighted by Crippen LogP contribution is -2.33. The van der Waals surface area contributed by atoms with Crippen molar-refractivity contribution in [3.8, 4) is 22.7 Å². The Kier molecular flexibility index (Phi) is 6.76. The molecule has 0 spiro atoms. The third-order valence-electron chi connectivity index (χ3n) is 5.63. The van der Waals surface area contributed by atoms with Crippen LogP contribution in [-0.4, -0.2) is 32.7 Å². The minimum Gasteiger partial charge on any atom is -0.479 e. The molecule has 2 aromatic heterocycles. The molecule has 0 radical (unpaired) electrons. The van der Waals surface area contributed by atoms with Gasteiger partial charge in [0.15, 0.2) is 6.10 Å². The van der Waals surface area contributed by atoms with Crippen LogP contribution in [0.1, 0.15) is 18.2 Å². The van der Waals surface area contributed by atoms with Gasteiger partial charge >= 0.3 is 17.8 Å². The molecule has 0 aliphatic heterocycles. The number of halogens is 3. The summed E-state index contributed by atoms with van der Waals surface area (Å²) in [7, 11) is 2.33. The van der Waals surface area contributed by atoms with Crippen molar-refractivity contribution in [3.05, 3.63) is 68.8 Å². The minimum atomic E-state index is -4.72. The van der Waals surface area contributed by atoms with Gasteiger partial charge in [-0.2, -0.15) is 17.5 Å². The average Bonchev–Trinajstić information content (AvgIpc) is 3.24. The topological polar surface area (TPSA) is 75.3 Å². The predicted octanol–water partition coefficient (Wildman–Crippen LogP) is 5.45. The molecule has 2 aromatic carbocycles. The Bertz CT molecular complexity index is 1610. The molecule has 188 valence electrons. The number of benzene rings is 2. The number of hydrogen-bond acceptors (Lipinski definition) is 7. The molecule has 1 atom stereocenters. The van der Waals surface area contributed by atoms with E-state index in [-0.39, 0.29) is 4.64 Å². The zero-order valence-corrected chi connectivity index (χ0v) is 21.2. The fourth-order valence-corrected chi connectivity index (χ4v) is 4.81. The molecule has 4 aromatic rings. The fraction of sp³-hybridized carbons (Fsp3) is 0.250. The summed E-state index contributed by atoms with van der Waals surface area (Å²) < 4.78 is 57.0. The lowest BCUT2D eigenvalue weighted by atomic mass is 10.0. The van der Waals surface area contributed by atoms with E-state index in [0.717, 1.165) is 33.5 Å². The summed E-state index contributed by atoms with van der Waals surface area (Å²) >= 11 is 6.39. The van der Waals surface area contributed by atoms with E-state index in [4.69, 9.17) is 21.7 Å². The average molecular weight is 536 g/mol. The number of fused-ring (bicyclic) bond motifs is 1. The van der Waals surface area contributed by atoms with Gasteiger partial charge in [-0.25, -0.2) is 9.59 Å². The van der Waals surface area contributed by atoms with Crippen LogP contribution in [0.3, 0.4) is 0 Å². The molecule has 0 saturated heterocycles. The van der Waals surface area contributed by atoms with Crippen LogP contribution in [0.15, 0.2) is 47.3 Å². The van der Waals surface area contributed by atoms with Crippen LogP contribution < -0.4 is 10.4 Å². The van der Waals surface area contributed by atoms with Crippen molar-refractivity contribution >= 4 is 39.8 Å². The van der Waals surface area contributed by atoms with Crippen LogP contribution in [0.5, 0.6) is 5.75 Å². The van der Waals surface area contributed by atoms with E-state index in [1.54, 1.807) is 37.3 Å². The van der Waals surface area contributed by atoms with E-state index in [2.05, 4.69) is 4.37 Å². The van der Waals surface area contributed by atoms with Crippen LogP contribution >= 0.6 is 23.8 Å². The van der Waals surface area contributed by atoms with E-state index in [9.17, 15) is 22.8 Å². The third-order valence-corrected chi connectivity index (χ3v) is 6.76. The number of alkyl halides is 3. The van der Waals surface area contributed by atoms with Gasteiger partial charge in [0.2, 0.25) is 0 Å². The molecule has 0 N–H and O–H groups in total. The molecular weight excluding hydrogens is 515 g/mol. The summed E-state index contributed by atoms with van der Waals surface area (Å²) in [6.45, 7) is 3.46. The Morgan fingerprint density at radius 2 is 1.89 bits per heavy atom. The van der Waals surface area contributed by atoms with Crippen LogP contribution in [0.2, 0.25) is 0 Å². The molecule has 2 heterocycles. The van der Waals surface area contributed by atoms with Gasteiger partial charge in [0.05, 0.1) is 23.2 Å². The lowest BCUT2D eigenvalue weighted by Gasteiger charge is -2.15. The Hall–Kier alpha value is -3.51. The second kappa shape index (κ2) is 9.51. The molecule has 1 unspecified atom stereocenters. The summed E-state index contributed by atoms with van der Waals surface area (Å²) in [5.41, 5.74) is 0.488. The molecular formula is C24H20F3N3O4S2. The summed E-state index contributed by atoms with van der Waals surface area (Å²) in [6.07, 6.45) is -5.53. The highest BCUT2D eigenvalue weighted by Gasteiger charge is 2.34. The molecule has 0 saturated carbocycles. The van der Waals surface area contributed by atoms with E-state index in [0.29, 0.717) is 27.1 Å². The number of aromatic nitrogens is 3. The van der Waals surface area contributed by atoms with E-state index in [1.165, 1.54) is 18.6 Å². The largest absolute Gasteiger partial charge is 0.479 e. The van der Waals surface area contributed by atoms with Gasteiger partial charge < -0.3 is 9.47 Å².